The molecule has 0 radical (unpaired) electrons. The highest BCUT2D eigenvalue weighted by Gasteiger charge is 2.25. The standard InChI is InChI=1S/C16H22O4/c1-6-11-9-8-10-12(14(17)19-7-2)13(11)15(18)20-16(3,4)5/h8-10H,6-7H2,1-5H3. The van der Waals surface area contributed by atoms with Crippen molar-refractivity contribution in [3.63, 3.8) is 0 Å². The number of ether oxygens (including phenoxy) is 2. The minimum Gasteiger partial charge on any atom is -0.462 e. The van der Waals surface area contributed by atoms with Gasteiger partial charge < -0.3 is 9.47 Å². The van der Waals surface area contributed by atoms with Gasteiger partial charge in [0.1, 0.15) is 5.60 Å². The fourth-order valence-corrected chi connectivity index (χ4v) is 1.84. The summed E-state index contributed by atoms with van der Waals surface area (Å²) in [6, 6.07) is 5.16. The van der Waals surface area contributed by atoms with Crippen LogP contribution in [0.15, 0.2) is 18.2 Å². The molecule has 0 fully saturated rings. The molecule has 20 heavy (non-hydrogen) atoms. The average Bonchev–Trinajstić information content (AvgIpc) is 2.35. The van der Waals surface area contributed by atoms with Gasteiger partial charge in [0, 0.05) is 0 Å². The third-order valence-electron chi connectivity index (χ3n) is 2.63. The van der Waals surface area contributed by atoms with Gasteiger partial charge in [-0.3, -0.25) is 0 Å². The molecule has 4 heteroatoms. The minimum absolute atomic E-state index is 0.264. The fraction of sp³-hybridized carbons (Fsp3) is 0.500. The average molecular weight is 278 g/mol. The summed E-state index contributed by atoms with van der Waals surface area (Å²) in [4.78, 5) is 24.3. The molecule has 0 amide bonds. The summed E-state index contributed by atoms with van der Waals surface area (Å²) < 4.78 is 10.4. The molecule has 0 heterocycles. The Morgan fingerprint density at radius 2 is 1.75 bits per heavy atom. The molecule has 0 aliphatic heterocycles. The topological polar surface area (TPSA) is 52.6 Å². The zero-order chi connectivity index (χ0) is 15.3. The Balaban J connectivity index is 3.26. The smallest absolute Gasteiger partial charge is 0.339 e. The largest absolute Gasteiger partial charge is 0.462 e. The van der Waals surface area contributed by atoms with Crippen LogP contribution in [0.4, 0.5) is 0 Å². The summed E-state index contributed by atoms with van der Waals surface area (Å²) in [5.41, 5.74) is 0.748. The van der Waals surface area contributed by atoms with Gasteiger partial charge in [0.2, 0.25) is 0 Å². The van der Waals surface area contributed by atoms with E-state index in [1.807, 2.05) is 13.0 Å². The summed E-state index contributed by atoms with van der Waals surface area (Å²) in [5.74, 6) is -0.985. The van der Waals surface area contributed by atoms with Crippen molar-refractivity contribution in [1.82, 2.24) is 0 Å². The quantitative estimate of drug-likeness (QED) is 0.792. The summed E-state index contributed by atoms with van der Waals surface area (Å²) in [6.45, 7) is 9.31. The van der Waals surface area contributed by atoms with Crippen LogP contribution in [-0.4, -0.2) is 24.1 Å². The van der Waals surface area contributed by atoms with Crippen LogP contribution in [0.2, 0.25) is 0 Å². The summed E-state index contributed by atoms with van der Waals surface area (Å²) >= 11 is 0. The van der Waals surface area contributed by atoms with Crippen molar-refractivity contribution in [2.24, 2.45) is 0 Å². The second-order valence-corrected chi connectivity index (χ2v) is 5.42. The highest BCUT2D eigenvalue weighted by atomic mass is 16.6. The first-order chi connectivity index (χ1) is 9.30. The Morgan fingerprint density at radius 1 is 1.10 bits per heavy atom. The molecular formula is C16H22O4. The van der Waals surface area contributed by atoms with Crippen LogP contribution in [-0.2, 0) is 15.9 Å². The van der Waals surface area contributed by atoms with E-state index in [0.717, 1.165) is 5.56 Å². The lowest BCUT2D eigenvalue weighted by Crippen LogP contribution is -2.26. The van der Waals surface area contributed by atoms with Gasteiger partial charge in [0.15, 0.2) is 0 Å². The van der Waals surface area contributed by atoms with Gasteiger partial charge in [0.05, 0.1) is 17.7 Å². The highest BCUT2D eigenvalue weighted by Crippen LogP contribution is 2.21. The molecule has 0 N–H and O–H groups in total. The van der Waals surface area contributed by atoms with E-state index < -0.39 is 17.5 Å². The van der Waals surface area contributed by atoms with Gasteiger partial charge >= 0.3 is 11.9 Å². The van der Waals surface area contributed by atoms with Gasteiger partial charge in [-0.25, -0.2) is 9.59 Å². The molecule has 0 saturated heterocycles. The fourth-order valence-electron chi connectivity index (χ4n) is 1.84. The second kappa shape index (κ2) is 6.55. The number of hydrogen-bond donors (Lipinski definition) is 0. The van der Waals surface area contributed by atoms with Crippen LogP contribution in [0.1, 0.15) is 60.9 Å². The number of esters is 2. The SMILES string of the molecule is CCOC(=O)c1cccc(CC)c1C(=O)OC(C)(C)C. The predicted octanol–water partition coefficient (Wildman–Crippen LogP) is 3.38. The summed E-state index contributed by atoms with van der Waals surface area (Å²) in [7, 11) is 0. The molecule has 1 aromatic carbocycles. The van der Waals surface area contributed by atoms with E-state index in [-0.39, 0.29) is 12.2 Å². The lowest BCUT2D eigenvalue weighted by Gasteiger charge is -2.21. The molecule has 1 rings (SSSR count). The molecule has 1 aromatic rings. The first-order valence-corrected chi connectivity index (χ1v) is 6.82. The maximum atomic E-state index is 12.3. The first kappa shape index (κ1) is 16.2. The Labute approximate surface area is 120 Å². The Hall–Kier alpha value is -1.84. The number of hydrogen-bond acceptors (Lipinski definition) is 4. The predicted molar refractivity (Wildman–Crippen MR) is 76.9 cm³/mol. The third-order valence-corrected chi connectivity index (χ3v) is 2.63. The molecule has 0 unspecified atom stereocenters. The lowest BCUT2D eigenvalue weighted by atomic mass is 9.99. The number of aryl methyl sites for hydroxylation is 1. The van der Waals surface area contributed by atoms with E-state index in [4.69, 9.17) is 9.47 Å². The monoisotopic (exact) mass is 278 g/mol. The van der Waals surface area contributed by atoms with E-state index in [1.54, 1.807) is 39.8 Å². The molecule has 0 aromatic heterocycles. The van der Waals surface area contributed by atoms with Crippen LogP contribution >= 0.6 is 0 Å². The molecular weight excluding hydrogens is 256 g/mol. The van der Waals surface area contributed by atoms with Crippen molar-refractivity contribution in [3.05, 3.63) is 34.9 Å². The number of benzene rings is 1. The maximum absolute atomic E-state index is 12.3. The van der Waals surface area contributed by atoms with Gasteiger partial charge in [-0.05, 0) is 45.7 Å². The molecule has 0 atom stereocenters. The van der Waals surface area contributed by atoms with Gasteiger partial charge in [-0.2, -0.15) is 0 Å². The van der Waals surface area contributed by atoms with Crippen molar-refractivity contribution in [1.29, 1.82) is 0 Å². The highest BCUT2D eigenvalue weighted by molar-refractivity contribution is 6.04. The van der Waals surface area contributed by atoms with Gasteiger partial charge in [-0.1, -0.05) is 19.1 Å². The van der Waals surface area contributed by atoms with Crippen LogP contribution in [0.3, 0.4) is 0 Å². The number of rotatable bonds is 4. The normalized spacial score (nSPS) is 11.1. The van der Waals surface area contributed by atoms with Crippen LogP contribution < -0.4 is 0 Å². The Morgan fingerprint density at radius 3 is 2.25 bits per heavy atom. The summed E-state index contributed by atoms with van der Waals surface area (Å²) in [6.07, 6.45) is 0.641. The van der Waals surface area contributed by atoms with Crippen molar-refractivity contribution >= 4 is 11.9 Å². The van der Waals surface area contributed by atoms with Crippen molar-refractivity contribution < 1.29 is 19.1 Å². The zero-order valence-corrected chi connectivity index (χ0v) is 12.8. The van der Waals surface area contributed by atoms with Crippen molar-refractivity contribution in [2.45, 2.75) is 46.6 Å². The number of carbonyl (C=O) groups excluding carboxylic acids is 2. The molecule has 0 aliphatic rings. The van der Waals surface area contributed by atoms with Crippen LogP contribution in [0.5, 0.6) is 0 Å². The molecule has 0 aliphatic carbocycles. The van der Waals surface area contributed by atoms with Crippen LogP contribution in [0.25, 0.3) is 0 Å². The van der Waals surface area contributed by atoms with E-state index in [9.17, 15) is 9.59 Å². The van der Waals surface area contributed by atoms with E-state index in [1.165, 1.54) is 0 Å². The second-order valence-electron chi connectivity index (χ2n) is 5.42. The Bertz CT molecular complexity index is 498. The Kier molecular flexibility index (Phi) is 5.31. The zero-order valence-electron chi connectivity index (χ0n) is 12.8. The van der Waals surface area contributed by atoms with Gasteiger partial charge in [-0.15, -0.1) is 0 Å². The first-order valence-electron chi connectivity index (χ1n) is 6.82. The van der Waals surface area contributed by atoms with E-state index in [2.05, 4.69) is 0 Å². The van der Waals surface area contributed by atoms with E-state index in [0.29, 0.717) is 12.0 Å². The molecule has 4 nitrogen and oxygen atoms in total. The molecule has 0 bridgehead atoms. The van der Waals surface area contributed by atoms with E-state index >= 15 is 0 Å². The van der Waals surface area contributed by atoms with Gasteiger partial charge in [0.25, 0.3) is 0 Å². The minimum atomic E-state index is -0.607. The number of carbonyl (C=O) groups is 2. The van der Waals surface area contributed by atoms with Crippen molar-refractivity contribution in [2.75, 3.05) is 6.61 Å². The van der Waals surface area contributed by atoms with Crippen molar-refractivity contribution in [3.8, 4) is 0 Å². The molecule has 0 saturated carbocycles. The molecule has 110 valence electrons. The summed E-state index contributed by atoms with van der Waals surface area (Å²) in [5, 5.41) is 0. The third kappa shape index (κ3) is 4.08. The van der Waals surface area contributed by atoms with Crippen LogP contribution in [0, 0.1) is 0 Å². The maximum Gasteiger partial charge on any atom is 0.339 e. The molecule has 0 spiro atoms. The lowest BCUT2D eigenvalue weighted by molar-refractivity contribution is 0.00632.